The maximum atomic E-state index is 13.0. The molecule has 0 amide bonds. The number of Topliss-reactive ketones (excluding diaryl/α,β-unsaturated/α-hetero) is 1. The van der Waals surface area contributed by atoms with Gasteiger partial charge < -0.3 is 9.47 Å². The van der Waals surface area contributed by atoms with E-state index in [1.807, 2.05) is 18.2 Å². The van der Waals surface area contributed by atoms with Crippen molar-refractivity contribution in [2.75, 3.05) is 13.7 Å². The van der Waals surface area contributed by atoms with E-state index < -0.39 is 16.5 Å². The van der Waals surface area contributed by atoms with Crippen LogP contribution in [0.2, 0.25) is 0 Å². The van der Waals surface area contributed by atoms with E-state index in [1.54, 1.807) is 36.4 Å². The largest absolute Gasteiger partial charge is 0.497 e. The fraction of sp³-hybridized carbons (Fsp3) is 0.211. The lowest BCUT2D eigenvalue weighted by Crippen LogP contribution is -2.39. The number of carbonyl (C=O) groups is 2. The van der Waals surface area contributed by atoms with Gasteiger partial charge in [0, 0.05) is 17.4 Å². The average Bonchev–Trinajstić information content (AvgIpc) is 2.65. The third-order valence-electron chi connectivity index (χ3n) is 3.41. The smallest absolute Gasteiger partial charge is 0.302 e. The first kappa shape index (κ1) is 18.6. The zero-order valence-corrected chi connectivity index (χ0v) is 14.7. The number of rotatable bonds is 7. The maximum absolute atomic E-state index is 13.0. The van der Waals surface area contributed by atoms with E-state index >= 15 is 0 Å². The van der Waals surface area contributed by atoms with Crippen LogP contribution in [0.1, 0.15) is 17.3 Å². The number of nitrogens with zero attached hydrogens (tertiary/aromatic N) is 1. The van der Waals surface area contributed by atoms with Crippen molar-refractivity contribution in [2.24, 2.45) is 0 Å². The lowest BCUT2D eigenvalue weighted by molar-refractivity contribution is -0.141. The van der Waals surface area contributed by atoms with Gasteiger partial charge in [-0.15, -0.1) is 0 Å². The summed E-state index contributed by atoms with van der Waals surface area (Å²) in [6, 6.07) is 17.6. The summed E-state index contributed by atoms with van der Waals surface area (Å²) in [7, 11) is 1.53. The maximum Gasteiger partial charge on any atom is 0.302 e. The first-order chi connectivity index (χ1) is 12.0. The molecule has 6 heteroatoms. The third-order valence-corrected chi connectivity index (χ3v) is 4.66. The van der Waals surface area contributed by atoms with Crippen LogP contribution >= 0.6 is 11.8 Å². The van der Waals surface area contributed by atoms with E-state index in [0.29, 0.717) is 11.3 Å². The fourth-order valence-corrected chi connectivity index (χ4v) is 3.19. The molecule has 2 aromatic carbocycles. The van der Waals surface area contributed by atoms with Crippen molar-refractivity contribution in [3.05, 3.63) is 60.2 Å². The van der Waals surface area contributed by atoms with E-state index in [-0.39, 0.29) is 6.61 Å². The van der Waals surface area contributed by atoms with Crippen molar-refractivity contribution in [3.63, 3.8) is 0 Å². The highest BCUT2D eigenvalue weighted by Crippen LogP contribution is 2.36. The first-order valence-electron chi connectivity index (χ1n) is 7.48. The molecular weight excluding hydrogens is 338 g/mol. The molecule has 0 radical (unpaired) electrons. The summed E-state index contributed by atoms with van der Waals surface area (Å²) in [6.07, 6.45) is 0. The summed E-state index contributed by atoms with van der Waals surface area (Å²) in [5.74, 6) is -0.363. The predicted octanol–water partition coefficient (Wildman–Crippen LogP) is 3.50. The first-order valence-corrected chi connectivity index (χ1v) is 8.30. The molecule has 0 heterocycles. The summed E-state index contributed by atoms with van der Waals surface area (Å²) in [5.41, 5.74) is 0.345. The summed E-state index contributed by atoms with van der Waals surface area (Å²) in [6.45, 7) is 0.913. The molecule has 1 unspecified atom stereocenters. The molecular formula is C19H17NO4S. The van der Waals surface area contributed by atoms with Crippen molar-refractivity contribution in [1.82, 2.24) is 0 Å². The molecule has 128 valence electrons. The van der Waals surface area contributed by atoms with Gasteiger partial charge in [0.1, 0.15) is 12.4 Å². The molecule has 0 saturated heterocycles. The Labute approximate surface area is 150 Å². The molecule has 0 N–H and O–H groups in total. The van der Waals surface area contributed by atoms with Crippen molar-refractivity contribution < 1.29 is 19.1 Å². The molecule has 2 rings (SSSR count). The van der Waals surface area contributed by atoms with Crippen LogP contribution in [-0.4, -0.2) is 30.2 Å². The highest BCUT2D eigenvalue weighted by molar-refractivity contribution is 8.01. The summed E-state index contributed by atoms with van der Waals surface area (Å²) >= 11 is 1.07. The number of hydrogen-bond donors (Lipinski definition) is 0. The summed E-state index contributed by atoms with van der Waals surface area (Å²) in [5, 5.41) is 9.78. The van der Waals surface area contributed by atoms with Gasteiger partial charge in [-0.05, 0) is 36.4 Å². The second-order valence-electron chi connectivity index (χ2n) is 5.19. The molecule has 0 aromatic heterocycles. The van der Waals surface area contributed by atoms with Crippen LogP contribution in [0.3, 0.4) is 0 Å². The number of ether oxygens (including phenoxy) is 2. The molecule has 0 aliphatic carbocycles. The normalized spacial score (nSPS) is 12.5. The van der Waals surface area contributed by atoms with Crippen LogP contribution in [0.4, 0.5) is 0 Å². The minimum absolute atomic E-state index is 0.330. The van der Waals surface area contributed by atoms with Crippen molar-refractivity contribution in [1.29, 1.82) is 5.26 Å². The van der Waals surface area contributed by atoms with E-state index in [1.165, 1.54) is 14.0 Å². The molecule has 25 heavy (non-hydrogen) atoms. The van der Waals surface area contributed by atoms with Gasteiger partial charge in [0.05, 0.1) is 13.2 Å². The van der Waals surface area contributed by atoms with E-state index in [2.05, 4.69) is 6.07 Å². The Morgan fingerprint density at radius 1 is 1.12 bits per heavy atom. The van der Waals surface area contributed by atoms with E-state index in [9.17, 15) is 14.9 Å². The van der Waals surface area contributed by atoms with E-state index in [4.69, 9.17) is 9.47 Å². The number of esters is 1. The number of benzene rings is 2. The Kier molecular flexibility index (Phi) is 6.20. The predicted molar refractivity (Wildman–Crippen MR) is 94.6 cm³/mol. The second kappa shape index (κ2) is 8.36. The van der Waals surface area contributed by atoms with Crippen molar-refractivity contribution >= 4 is 23.5 Å². The molecule has 0 bridgehead atoms. The number of carbonyl (C=O) groups excluding carboxylic acids is 2. The molecule has 0 saturated carbocycles. The van der Waals surface area contributed by atoms with Gasteiger partial charge in [-0.25, -0.2) is 0 Å². The quantitative estimate of drug-likeness (QED) is 0.430. The molecule has 0 fully saturated rings. The van der Waals surface area contributed by atoms with Gasteiger partial charge in [-0.2, -0.15) is 5.26 Å². The number of hydrogen-bond acceptors (Lipinski definition) is 6. The minimum atomic E-state index is -1.57. The van der Waals surface area contributed by atoms with Crippen LogP contribution in [0.15, 0.2) is 59.5 Å². The fourth-order valence-electron chi connectivity index (χ4n) is 2.12. The van der Waals surface area contributed by atoms with Gasteiger partial charge in [-0.3, -0.25) is 9.59 Å². The zero-order chi connectivity index (χ0) is 18.3. The molecule has 2 aromatic rings. The lowest BCUT2D eigenvalue weighted by Gasteiger charge is -2.24. The van der Waals surface area contributed by atoms with Crippen molar-refractivity contribution in [3.8, 4) is 11.8 Å². The Morgan fingerprint density at radius 3 is 2.28 bits per heavy atom. The molecule has 0 aliphatic rings. The highest BCUT2D eigenvalue weighted by atomic mass is 32.2. The van der Waals surface area contributed by atoms with Gasteiger partial charge >= 0.3 is 5.97 Å². The second-order valence-corrected chi connectivity index (χ2v) is 6.56. The van der Waals surface area contributed by atoms with Crippen LogP contribution in [0.25, 0.3) is 0 Å². The van der Waals surface area contributed by atoms with Gasteiger partial charge in [-0.1, -0.05) is 30.0 Å². The van der Waals surface area contributed by atoms with Crippen LogP contribution in [0.5, 0.6) is 5.75 Å². The lowest BCUT2D eigenvalue weighted by atomic mass is 9.98. The Morgan fingerprint density at radius 2 is 1.76 bits per heavy atom. The Bertz CT molecular complexity index is 783. The SMILES string of the molecule is COc1ccc(C(=O)C(C#N)(COC(C)=O)Sc2ccccc2)cc1. The molecule has 0 spiro atoms. The monoisotopic (exact) mass is 355 g/mol. The van der Waals surface area contributed by atoms with E-state index in [0.717, 1.165) is 16.7 Å². The number of ketones is 1. The Balaban J connectivity index is 2.38. The summed E-state index contributed by atoms with van der Waals surface area (Å²) < 4.78 is 8.55. The van der Waals surface area contributed by atoms with Crippen LogP contribution in [0, 0.1) is 11.3 Å². The average molecular weight is 355 g/mol. The topological polar surface area (TPSA) is 76.4 Å². The van der Waals surface area contributed by atoms with Gasteiger partial charge in [0.2, 0.25) is 4.75 Å². The van der Waals surface area contributed by atoms with Gasteiger partial charge in [0.25, 0.3) is 0 Å². The zero-order valence-electron chi connectivity index (χ0n) is 13.9. The molecule has 0 aliphatic heterocycles. The Hall–Kier alpha value is -2.78. The highest BCUT2D eigenvalue weighted by Gasteiger charge is 2.42. The van der Waals surface area contributed by atoms with Gasteiger partial charge in [0.15, 0.2) is 5.78 Å². The standard InChI is InChI=1S/C19H17NO4S/c1-14(21)24-13-19(12-20,25-17-6-4-3-5-7-17)18(22)15-8-10-16(23-2)11-9-15/h3-11H,13H2,1-2H3. The van der Waals surface area contributed by atoms with Crippen LogP contribution < -0.4 is 4.74 Å². The minimum Gasteiger partial charge on any atom is -0.497 e. The third kappa shape index (κ3) is 4.61. The number of methoxy groups -OCH3 is 1. The van der Waals surface area contributed by atoms with Crippen molar-refractivity contribution in [2.45, 2.75) is 16.6 Å². The number of nitriles is 1. The van der Waals surface area contributed by atoms with Crippen LogP contribution in [-0.2, 0) is 9.53 Å². The summed E-state index contributed by atoms with van der Waals surface area (Å²) in [4.78, 5) is 25.0. The molecule has 1 atom stereocenters. The number of thioether (sulfide) groups is 1. The molecule has 5 nitrogen and oxygen atoms in total.